The Labute approximate surface area is 144 Å². The summed E-state index contributed by atoms with van der Waals surface area (Å²) in [5.41, 5.74) is 1.87. The summed E-state index contributed by atoms with van der Waals surface area (Å²) in [6, 6.07) is 7.70. The van der Waals surface area contributed by atoms with Crippen molar-refractivity contribution in [2.24, 2.45) is 0 Å². The van der Waals surface area contributed by atoms with Gasteiger partial charge in [0.2, 0.25) is 0 Å². The fraction of sp³-hybridized carbons (Fsp3) is 0.550. The highest BCUT2D eigenvalue weighted by molar-refractivity contribution is 5.76. The smallest absolute Gasteiger partial charge is 0.340 e. The summed E-state index contributed by atoms with van der Waals surface area (Å²) in [4.78, 5) is 11.9. The number of ether oxygens (including phenoxy) is 1. The van der Waals surface area contributed by atoms with Gasteiger partial charge in [0.1, 0.15) is 0 Å². The van der Waals surface area contributed by atoms with E-state index in [1.165, 1.54) is 37.7 Å². The first-order valence-corrected chi connectivity index (χ1v) is 8.83. The summed E-state index contributed by atoms with van der Waals surface area (Å²) in [5, 5.41) is 13.1. The molecule has 2 N–H and O–H groups in total. The quantitative estimate of drug-likeness (QED) is 0.479. The van der Waals surface area contributed by atoms with Crippen LogP contribution >= 0.6 is 0 Å². The topological polar surface area (TPSA) is 58.6 Å². The molecule has 4 heteroatoms. The van der Waals surface area contributed by atoms with Gasteiger partial charge in [-0.05, 0) is 36.4 Å². The second-order valence-electron chi connectivity index (χ2n) is 6.15. The fourth-order valence-corrected chi connectivity index (χ4v) is 3.01. The number of hydrogen-bond acceptors (Lipinski definition) is 4. The molecule has 0 unspecified atom stereocenters. The van der Waals surface area contributed by atoms with E-state index >= 15 is 0 Å². The van der Waals surface area contributed by atoms with Crippen molar-refractivity contribution in [3.8, 4) is 11.8 Å². The van der Waals surface area contributed by atoms with Gasteiger partial charge in [0, 0.05) is 0 Å². The van der Waals surface area contributed by atoms with Crippen LogP contribution in [0.4, 0.5) is 0 Å². The molecule has 1 saturated carbocycles. The average Bonchev–Trinajstić information content (AvgIpc) is 2.64. The lowest BCUT2D eigenvalue weighted by Crippen LogP contribution is -2.16. The van der Waals surface area contributed by atoms with Gasteiger partial charge in [0.15, 0.2) is 12.7 Å². The molecule has 0 aromatic heterocycles. The molecule has 1 atom stereocenters. The molecule has 1 aromatic carbocycles. The van der Waals surface area contributed by atoms with E-state index in [0.29, 0.717) is 18.0 Å². The Kier molecular flexibility index (Phi) is 7.81. The van der Waals surface area contributed by atoms with Gasteiger partial charge in [0.05, 0.1) is 6.54 Å². The first kappa shape index (κ1) is 18.5. The number of carbonyl (C=O) groups is 1. The van der Waals surface area contributed by atoms with Crippen LogP contribution in [-0.2, 0) is 9.53 Å². The summed E-state index contributed by atoms with van der Waals surface area (Å²) in [6.45, 7) is 3.42. The molecule has 0 aliphatic heterocycles. The summed E-state index contributed by atoms with van der Waals surface area (Å²) in [5.74, 6) is 5.55. The highest BCUT2D eigenvalue weighted by Crippen LogP contribution is 2.33. The number of benzene rings is 1. The third kappa shape index (κ3) is 5.67. The zero-order valence-corrected chi connectivity index (χ0v) is 14.4. The Morgan fingerprint density at radius 2 is 1.96 bits per heavy atom. The number of rotatable bonds is 6. The Bertz CT molecular complexity index is 565. The van der Waals surface area contributed by atoms with Crippen LogP contribution in [0.25, 0.3) is 0 Å². The molecule has 0 saturated heterocycles. The van der Waals surface area contributed by atoms with E-state index < -0.39 is 12.1 Å². The first-order valence-electron chi connectivity index (χ1n) is 8.83. The molecule has 1 aliphatic carbocycles. The Balaban J connectivity index is 1.83. The number of nitrogens with one attached hydrogen (secondary N) is 1. The molecule has 1 aromatic rings. The maximum atomic E-state index is 11.9. The van der Waals surface area contributed by atoms with Gasteiger partial charge in [-0.1, -0.05) is 62.3 Å². The maximum absolute atomic E-state index is 11.9. The zero-order chi connectivity index (χ0) is 17.2. The van der Waals surface area contributed by atoms with Gasteiger partial charge < -0.3 is 15.2 Å². The predicted octanol–water partition coefficient (Wildman–Crippen LogP) is 2.92. The SMILES string of the molecule is CCNCC#CCOC(=O)[C@H](O)c1ccc(C2CCCCC2)cc1. The lowest BCUT2D eigenvalue weighted by molar-refractivity contribution is -0.152. The van der Waals surface area contributed by atoms with E-state index in [-0.39, 0.29) is 6.61 Å². The molecular formula is C20H27NO3. The van der Waals surface area contributed by atoms with E-state index in [0.717, 1.165) is 6.54 Å². The number of aliphatic hydroxyl groups excluding tert-OH is 1. The number of aliphatic hydroxyl groups is 1. The van der Waals surface area contributed by atoms with E-state index in [1.807, 2.05) is 31.2 Å². The minimum absolute atomic E-state index is 0.00143. The highest BCUT2D eigenvalue weighted by atomic mass is 16.5. The zero-order valence-electron chi connectivity index (χ0n) is 14.4. The maximum Gasteiger partial charge on any atom is 0.340 e. The van der Waals surface area contributed by atoms with Gasteiger partial charge in [-0.3, -0.25) is 0 Å². The second kappa shape index (κ2) is 10.1. The van der Waals surface area contributed by atoms with Crippen LogP contribution in [0.3, 0.4) is 0 Å². The average molecular weight is 329 g/mol. The molecule has 4 nitrogen and oxygen atoms in total. The Morgan fingerprint density at radius 1 is 1.25 bits per heavy atom. The molecule has 130 valence electrons. The molecule has 0 bridgehead atoms. The Hall–Kier alpha value is -1.83. The largest absolute Gasteiger partial charge is 0.450 e. The molecule has 1 fully saturated rings. The first-order chi connectivity index (χ1) is 11.7. The van der Waals surface area contributed by atoms with Crippen LogP contribution in [0.2, 0.25) is 0 Å². The van der Waals surface area contributed by atoms with E-state index in [4.69, 9.17) is 4.74 Å². The molecule has 0 spiro atoms. The minimum atomic E-state index is -1.25. The minimum Gasteiger partial charge on any atom is -0.450 e. The standard InChI is InChI=1S/C20H27NO3/c1-2-21-14-6-7-15-24-20(23)19(22)18-12-10-17(11-13-18)16-8-4-3-5-9-16/h10-13,16,19,21-22H,2-5,8-9,14-15H2,1H3/t19-/m1/s1. The van der Waals surface area contributed by atoms with Crippen molar-refractivity contribution in [2.75, 3.05) is 19.7 Å². The van der Waals surface area contributed by atoms with Crippen LogP contribution < -0.4 is 5.32 Å². The normalized spacial score (nSPS) is 16.1. The van der Waals surface area contributed by atoms with Gasteiger partial charge in [0.25, 0.3) is 0 Å². The summed E-state index contributed by atoms with van der Waals surface area (Å²) < 4.78 is 4.99. The Morgan fingerprint density at radius 3 is 2.62 bits per heavy atom. The lowest BCUT2D eigenvalue weighted by Gasteiger charge is -2.22. The summed E-state index contributed by atoms with van der Waals surface area (Å²) >= 11 is 0. The van der Waals surface area contributed by atoms with Gasteiger partial charge in [-0.15, -0.1) is 0 Å². The second-order valence-corrected chi connectivity index (χ2v) is 6.15. The monoisotopic (exact) mass is 329 g/mol. The van der Waals surface area contributed by atoms with E-state index in [1.54, 1.807) is 0 Å². The molecule has 0 heterocycles. The van der Waals surface area contributed by atoms with Crippen molar-refractivity contribution in [1.29, 1.82) is 0 Å². The molecule has 2 rings (SSSR count). The number of hydrogen-bond donors (Lipinski definition) is 2. The van der Waals surface area contributed by atoms with Crippen LogP contribution in [0.5, 0.6) is 0 Å². The molecule has 24 heavy (non-hydrogen) atoms. The third-order valence-electron chi connectivity index (χ3n) is 4.43. The van der Waals surface area contributed by atoms with Gasteiger partial charge >= 0.3 is 5.97 Å². The van der Waals surface area contributed by atoms with Crippen molar-refractivity contribution in [3.63, 3.8) is 0 Å². The number of esters is 1. The van der Waals surface area contributed by atoms with E-state index in [2.05, 4.69) is 17.2 Å². The molecular weight excluding hydrogens is 302 g/mol. The fourth-order valence-electron chi connectivity index (χ4n) is 3.01. The molecule has 1 aliphatic rings. The van der Waals surface area contributed by atoms with Crippen molar-refractivity contribution in [1.82, 2.24) is 5.32 Å². The van der Waals surface area contributed by atoms with Crippen molar-refractivity contribution in [3.05, 3.63) is 35.4 Å². The van der Waals surface area contributed by atoms with Crippen molar-refractivity contribution in [2.45, 2.75) is 51.0 Å². The van der Waals surface area contributed by atoms with Crippen molar-refractivity contribution < 1.29 is 14.6 Å². The van der Waals surface area contributed by atoms with Gasteiger partial charge in [-0.25, -0.2) is 4.79 Å². The third-order valence-corrected chi connectivity index (χ3v) is 4.43. The van der Waals surface area contributed by atoms with Crippen LogP contribution in [0.15, 0.2) is 24.3 Å². The number of carbonyl (C=O) groups excluding carboxylic acids is 1. The lowest BCUT2D eigenvalue weighted by atomic mass is 9.84. The highest BCUT2D eigenvalue weighted by Gasteiger charge is 2.20. The van der Waals surface area contributed by atoms with Crippen LogP contribution in [0.1, 0.15) is 62.2 Å². The molecule has 0 amide bonds. The van der Waals surface area contributed by atoms with E-state index in [9.17, 15) is 9.90 Å². The predicted molar refractivity (Wildman–Crippen MR) is 94.5 cm³/mol. The van der Waals surface area contributed by atoms with Crippen molar-refractivity contribution >= 4 is 5.97 Å². The molecule has 0 radical (unpaired) electrons. The summed E-state index contributed by atoms with van der Waals surface area (Å²) in [6.07, 6.45) is 5.12. The summed E-state index contributed by atoms with van der Waals surface area (Å²) in [7, 11) is 0. The van der Waals surface area contributed by atoms with Gasteiger partial charge in [-0.2, -0.15) is 0 Å². The van der Waals surface area contributed by atoms with Crippen LogP contribution in [-0.4, -0.2) is 30.8 Å². The van der Waals surface area contributed by atoms with Crippen LogP contribution in [0, 0.1) is 11.8 Å².